The molecule has 0 saturated carbocycles. The molecule has 0 atom stereocenters. The van der Waals surface area contributed by atoms with Gasteiger partial charge >= 0.3 is 0 Å². The molecule has 1 rings (SSSR count). The topological polar surface area (TPSA) is 122 Å². The van der Waals surface area contributed by atoms with Gasteiger partial charge in [0.1, 0.15) is 5.69 Å². The summed E-state index contributed by atoms with van der Waals surface area (Å²) in [7, 11) is 0. The minimum Gasteiger partial charge on any atom is -0.356 e. The zero-order chi connectivity index (χ0) is 14.3. The van der Waals surface area contributed by atoms with Crippen molar-refractivity contribution in [3.63, 3.8) is 0 Å². The second-order valence-corrected chi connectivity index (χ2v) is 3.21. The first-order valence-electron chi connectivity index (χ1n) is 4.97. The van der Waals surface area contributed by atoms with E-state index in [0.29, 0.717) is 0 Å². The van der Waals surface area contributed by atoms with E-state index in [-0.39, 0.29) is 11.4 Å². The summed E-state index contributed by atoms with van der Waals surface area (Å²) in [6.45, 7) is 0. The maximum absolute atomic E-state index is 10.8. The minimum atomic E-state index is -0.714. The first kappa shape index (κ1) is 13.9. The van der Waals surface area contributed by atoms with Crippen molar-refractivity contribution in [2.75, 3.05) is 5.32 Å². The van der Waals surface area contributed by atoms with E-state index >= 15 is 0 Å². The molecule has 1 aromatic rings. The predicted molar refractivity (Wildman–Crippen MR) is 67.3 cm³/mol. The normalized spacial score (nSPS) is 10.5. The quantitative estimate of drug-likeness (QED) is 0.375. The van der Waals surface area contributed by atoms with Crippen molar-refractivity contribution < 1.29 is 9.85 Å². The molecule has 0 fully saturated rings. The molecule has 0 aliphatic carbocycles. The molecule has 0 bridgehead atoms. The van der Waals surface area contributed by atoms with Gasteiger partial charge in [-0.15, -0.1) is 0 Å². The number of benzene rings is 1. The Bertz CT molecular complexity index is 601. The van der Waals surface area contributed by atoms with Crippen molar-refractivity contribution in [3.8, 4) is 6.07 Å². The van der Waals surface area contributed by atoms with Crippen LogP contribution in [0.3, 0.4) is 0 Å². The Morgan fingerprint density at radius 3 is 2.53 bits per heavy atom. The number of nitro benzene ring substituents is 2. The molecule has 0 aliphatic rings. The van der Waals surface area contributed by atoms with Gasteiger partial charge in [-0.3, -0.25) is 20.2 Å². The Hall–Kier alpha value is -3.21. The molecule has 0 radical (unpaired) electrons. The molecule has 0 aromatic heterocycles. The second kappa shape index (κ2) is 6.51. The highest BCUT2D eigenvalue weighted by molar-refractivity contribution is 5.66. The molecule has 19 heavy (non-hydrogen) atoms. The zero-order valence-electron chi connectivity index (χ0n) is 9.52. The average molecular weight is 260 g/mol. The highest BCUT2D eigenvalue weighted by atomic mass is 16.6. The molecule has 0 saturated heterocycles. The predicted octanol–water partition coefficient (Wildman–Crippen LogP) is 2.51. The van der Waals surface area contributed by atoms with Crippen molar-refractivity contribution in [3.05, 3.63) is 62.9 Å². The zero-order valence-corrected chi connectivity index (χ0v) is 9.52. The van der Waals surface area contributed by atoms with Gasteiger partial charge in [0.15, 0.2) is 0 Å². The number of hydrogen-bond acceptors (Lipinski definition) is 6. The molecular formula is C11H8N4O4. The van der Waals surface area contributed by atoms with Crippen LogP contribution in [0.15, 0.2) is 42.6 Å². The van der Waals surface area contributed by atoms with Crippen LogP contribution in [0.1, 0.15) is 0 Å². The third-order valence-corrected chi connectivity index (χ3v) is 2.01. The van der Waals surface area contributed by atoms with E-state index in [1.165, 1.54) is 30.5 Å². The number of nitrogens with zero attached hydrogens (tertiary/aromatic N) is 3. The Kier molecular flexibility index (Phi) is 4.74. The largest absolute Gasteiger partial charge is 0.356 e. The number of allylic oxidation sites excluding steroid dienone is 3. The molecular weight excluding hydrogens is 252 g/mol. The van der Waals surface area contributed by atoms with E-state index in [1.807, 2.05) is 0 Å². The summed E-state index contributed by atoms with van der Waals surface area (Å²) in [4.78, 5) is 19.9. The Morgan fingerprint density at radius 2 is 1.95 bits per heavy atom. The van der Waals surface area contributed by atoms with Crippen LogP contribution in [-0.4, -0.2) is 9.85 Å². The third kappa shape index (κ3) is 3.94. The summed E-state index contributed by atoms with van der Waals surface area (Å²) in [5.41, 5.74) is -0.633. The number of nitrogens with one attached hydrogen (secondary N) is 1. The monoisotopic (exact) mass is 260 g/mol. The fourth-order valence-electron chi connectivity index (χ4n) is 1.20. The van der Waals surface area contributed by atoms with Crippen molar-refractivity contribution in [2.45, 2.75) is 0 Å². The standard InChI is InChI=1S/C11H8N4O4/c12-6-2-1-3-7-13-10-5-4-9(14(16)17)8-11(10)15(18)19/h1-5,7-8,13H/b2-1+,7-3+. The van der Waals surface area contributed by atoms with E-state index < -0.39 is 15.5 Å². The van der Waals surface area contributed by atoms with E-state index in [0.717, 1.165) is 12.1 Å². The fourth-order valence-corrected chi connectivity index (χ4v) is 1.20. The molecule has 96 valence electrons. The van der Waals surface area contributed by atoms with Gasteiger partial charge in [-0.1, -0.05) is 6.08 Å². The summed E-state index contributed by atoms with van der Waals surface area (Å²) in [6.07, 6.45) is 5.50. The molecule has 0 aliphatic heterocycles. The lowest BCUT2D eigenvalue weighted by molar-refractivity contribution is -0.393. The first-order valence-corrected chi connectivity index (χ1v) is 4.97. The van der Waals surface area contributed by atoms with Crippen LogP contribution in [-0.2, 0) is 0 Å². The van der Waals surface area contributed by atoms with Crippen molar-refractivity contribution in [1.82, 2.24) is 0 Å². The van der Waals surface area contributed by atoms with Gasteiger partial charge in [-0.05, 0) is 12.1 Å². The summed E-state index contributed by atoms with van der Waals surface area (Å²) in [5, 5.41) is 32.2. The molecule has 8 heteroatoms. The lowest BCUT2D eigenvalue weighted by atomic mass is 10.2. The third-order valence-electron chi connectivity index (χ3n) is 2.01. The summed E-state index contributed by atoms with van der Waals surface area (Å²) < 4.78 is 0. The molecule has 1 aromatic carbocycles. The number of rotatable bonds is 5. The van der Waals surface area contributed by atoms with Crippen LogP contribution in [0.5, 0.6) is 0 Å². The minimum absolute atomic E-state index is 0.122. The van der Waals surface area contributed by atoms with Crippen LogP contribution < -0.4 is 5.32 Å². The summed E-state index contributed by atoms with van der Waals surface area (Å²) in [5.74, 6) is 0. The number of hydrogen-bond donors (Lipinski definition) is 1. The second-order valence-electron chi connectivity index (χ2n) is 3.21. The van der Waals surface area contributed by atoms with E-state index in [1.54, 1.807) is 6.07 Å². The Labute approximate surface area is 107 Å². The number of nitro groups is 2. The molecule has 8 nitrogen and oxygen atoms in total. The lowest BCUT2D eigenvalue weighted by Crippen LogP contribution is -1.97. The maximum atomic E-state index is 10.8. The van der Waals surface area contributed by atoms with Crippen LogP contribution in [0, 0.1) is 31.6 Å². The average Bonchev–Trinajstić information content (AvgIpc) is 2.38. The van der Waals surface area contributed by atoms with Gasteiger partial charge in [-0.25, -0.2) is 0 Å². The number of nitriles is 1. The Balaban J connectivity index is 2.98. The van der Waals surface area contributed by atoms with Crippen molar-refractivity contribution >= 4 is 17.1 Å². The number of anilines is 1. The number of non-ortho nitro benzene ring substituents is 1. The van der Waals surface area contributed by atoms with Crippen molar-refractivity contribution in [2.24, 2.45) is 0 Å². The summed E-state index contributed by atoms with van der Waals surface area (Å²) in [6, 6.07) is 5.06. The van der Waals surface area contributed by atoms with Crippen LogP contribution in [0.25, 0.3) is 0 Å². The van der Waals surface area contributed by atoms with Crippen molar-refractivity contribution in [1.29, 1.82) is 5.26 Å². The molecule has 0 unspecified atom stereocenters. The summed E-state index contributed by atoms with van der Waals surface area (Å²) >= 11 is 0. The smallest absolute Gasteiger partial charge is 0.299 e. The SMILES string of the molecule is N#C/C=C/C=C/Nc1ccc([N+](=O)[O-])cc1[N+](=O)[O-]. The van der Waals surface area contributed by atoms with E-state index in [9.17, 15) is 20.2 Å². The molecule has 0 spiro atoms. The lowest BCUT2D eigenvalue weighted by Gasteiger charge is -2.01. The van der Waals surface area contributed by atoms with Crippen LogP contribution >= 0.6 is 0 Å². The van der Waals surface area contributed by atoms with Gasteiger partial charge in [0.25, 0.3) is 11.4 Å². The van der Waals surface area contributed by atoms with Crippen LogP contribution in [0.2, 0.25) is 0 Å². The maximum Gasteiger partial charge on any atom is 0.299 e. The van der Waals surface area contributed by atoms with Gasteiger partial charge in [0.05, 0.1) is 22.0 Å². The van der Waals surface area contributed by atoms with Gasteiger partial charge < -0.3 is 5.32 Å². The first-order chi connectivity index (χ1) is 9.06. The van der Waals surface area contributed by atoms with E-state index in [4.69, 9.17) is 5.26 Å². The fraction of sp³-hybridized carbons (Fsp3) is 0. The Morgan fingerprint density at radius 1 is 1.21 bits per heavy atom. The molecule has 1 N–H and O–H groups in total. The molecule has 0 amide bonds. The van der Waals surface area contributed by atoms with E-state index in [2.05, 4.69) is 5.32 Å². The van der Waals surface area contributed by atoms with Gasteiger partial charge in [0.2, 0.25) is 0 Å². The van der Waals surface area contributed by atoms with Gasteiger partial charge in [0, 0.05) is 18.3 Å². The molecule has 0 heterocycles. The van der Waals surface area contributed by atoms with Crippen LogP contribution in [0.4, 0.5) is 17.1 Å². The highest BCUT2D eigenvalue weighted by Gasteiger charge is 2.18. The highest BCUT2D eigenvalue weighted by Crippen LogP contribution is 2.28. The van der Waals surface area contributed by atoms with Gasteiger partial charge in [-0.2, -0.15) is 5.26 Å².